The summed E-state index contributed by atoms with van der Waals surface area (Å²) in [6.07, 6.45) is 2.03. The molecule has 7 heteroatoms. The van der Waals surface area contributed by atoms with Crippen molar-refractivity contribution in [3.05, 3.63) is 59.1 Å². The van der Waals surface area contributed by atoms with Crippen molar-refractivity contribution >= 4 is 39.1 Å². The number of esters is 1. The summed E-state index contributed by atoms with van der Waals surface area (Å²) >= 11 is 1.78. The maximum absolute atomic E-state index is 12.4. The number of piperidine rings is 1. The average molecular weight is 410 g/mol. The molecule has 1 saturated heterocycles. The number of benzene rings is 2. The lowest BCUT2D eigenvalue weighted by Gasteiger charge is -2.30. The number of nitrogens with one attached hydrogen (secondary N) is 1. The molecule has 1 amide bonds. The Balaban J connectivity index is 1.28. The Morgan fingerprint density at radius 1 is 1.14 bits per heavy atom. The highest BCUT2D eigenvalue weighted by Gasteiger charge is 2.24. The molecule has 1 N–H and O–H groups in total. The molecule has 150 valence electrons. The number of ether oxygens (including phenoxy) is 1. The number of hydrogen-bond acceptors (Lipinski definition) is 6. The average Bonchev–Trinajstić information content (AvgIpc) is 3.18. The number of thiazole rings is 1. The standard InChI is InChI=1S/C22H23N3O3S/c1-28-22(27)16-6-8-17(9-7-16)23-20(26)14-25-12-10-15(11-13-25)21-24-18-4-2-3-5-19(18)29-21/h2-9,15H,10-14H2,1H3,(H,23,26). The number of carbonyl (C=O) groups excluding carboxylic acids is 2. The number of para-hydroxylation sites is 1. The summed E-state index contributed by atoms with van der Waals surface area (Å²) in [7, 11) is 1.35. The second-order valence-corrected chi connectivity index (χ2v) is 8.25. The van der Waals surface area contributed by atoms with Gasteiger partial charge < -0.3 is 10.1 Å². The Hall–Kier alpha value is -2.77. The van der Waals surface area contributed by atoms with E-state index in [9.17, 15) is 9.59 Å². The van der Waals surface area contributed by atoms with Gasteiger partial charge in [0.2, 0.25) is 5.91 Å². The molecule has 1 aromatic heterocycles. The fourth-order valence-electron chi connectivity index (χ4n) is 3.61. The predicted molar refractivity (Wildman–Crippen MR) is 114 cm³/mol. The summed E-state index contributed by atoms with van der Waals surface area (Å²) in [6.45, 7) is 2.13. The monoisotopic (exact) mass is 409 g/mol. The molecule has 0 spiro atoms. The van der Waals surface area contributed by atoms with Crippen LogP contribution in [0.3, 0.4) is 0 Å². The number of likely N-dealkylation sites (tertiary alicyclic amines) is 1. The Labute approximate surface area is 173 Å². The molecule has 1 aliphatic rings. The number of anilines is 1. The molecule has 4 rings (SSSR count). The zero-order valence-corrected chi connectivity index (χ0v) is 17.1. The normalized spacial score (nSPS) is 15.3. The number of hydrogen-bond donors (Lipinski definition) is 1. The van der Waals surface area contributed by atoms with Gasteiger partial charge in [0.25, 0.3) is 0 Å². The van der Waals surface area contributed by atoms with Crippen molar-refractivity contribution in [1.82, 2.24) is 9.88 Å². The molecular weight excluding hydrogens is 386 g/mol. The van der Waals surface area contributed by atoms with Crippen LogP contribution in [0.2, 0.25) is 0 Å². The first-order chi connectivity index (χ1) is 14.1. The molecule has 3 aromatic rings. The molecule has 1 fully saturated rings. The minimum Gasteiger partial charge on any atom is -0.465 e. The number of aromatic nitrogens is 1. The van der Waals surface area contributed by atoms with Gasteiger partial charge in [-0.1, -0.05) is 12.1 Å². The minimum atomic E-state index is -0.390. The molecule has 0 saturated carbocycles. The SMILES string of the molecule is COC(=O)c1ccc(NC(=O)CN2CCC(c3nc4ccccc4s3)CC2)cc1. The summed E-state index contributed by atoms with van der Waals surface area (Å²) in [5.74, 6) is 0.0331. The molecule has 2 heterocycles. The molecule has 0 atom stereocenters. The van der Waals surface area contributed by atoms with Gasteiger partial charge in [0.15, 0.2) is 0 Å². The largest absolute Gasteiger partial charge is 0.465 e. The lowest BCUT2D eigenvalue weighted by Crippen LogP contribution is -2.38. The number of fused-ring (bicyclic) bond motifs is 1. The van der Waals surface area contributed by atoms with E-state index < -0.39 is 0 Å². The summed E-state index contributed by atoms with van der Waals surface area (Å²) < 4.78 is 5.92. The maximum Gasteiger partial charge on any atom is 0.337 e. The quantitative estimate of drug-likeness (QED) is 0.647. The Kier molecular flexibility index (Phi) is 5.87. The summed E-state index contributed by atoms with van der Waals surface area (Å²) in [5, 5.41) is 4.10. The number of carbonyl (C=O) groups is 2. The molecule has 1 aliphatic heterocycles. The fourth-order valence-corrected chi connectivity index (χ4v) is 4.75. The fraction of sp³-hybridized carbons (Fsp3) is 0.318. The first kappa shape index (κ1) is 19.5. The van der Waals surface area contributed by atoms with Crippen LogP contribution in [0, 0.1) is 0 Å². The first-order valence-corrected chi connectivity index (χ1v) is 10.5. The molecule has 0 bridgehead atoms. The van der Waals surface area contributed by atoms with Gasteiger partial charge in [-0.25, -0.2) is 9.78 Å². The third kappa shape index (κ3) is 4.63. The summed E-state index contributed by atoms with van der Waals surface area (Å²) in [4.78, 5) is 30.8. The number of amides is 1. The molecule has 29 heavy (non-hydrogen) atoms. The van der Waals surface area contributed by atoms with E-state index in [1.165, 1.54) is 16.8 Å². The molecule has 0 unspecified atom stereocenters. The second-order valence-electron chi connectivity index (χ2n) is 7.19. The molecule has 0 radical (unpaired) electrons. The summed E-state index contributed by atoms with van der Waals surface area (Å²) in [5.41, 5.74) is 2.21. The third-order valence-corrected chi connectivity index (χ3v) is 6.40. The van der Waals surface area contributed by atoms with E-state index in [1.54, 1.807) is 35.6 Å². The van der Waals surface area contributed by atoms with Crippen LogP contribution >= 0.6 is 11.3 Å². The van der Waals surface area contributed by atoms with Gasteiger partial charge in [0.1, 0.15) is 0 Å². The van der Waals surface area contributed by atoms with Crippen molar-refractivity contribution in [2.75, 3.05) is 32.1 Å². The van der Waals surface area contributed by atoms with Gasteiger partial charge in [-0.3, -0.25) is 9.69 Å². The van der Waals surface area contributed by atoms with Crippen molar-refractivity contribution in [3.8, 4) is 0 Å². The van der Waals surface area contributed by atoms with E-state index in [4.69, 9.17) is 4.98 Å². The van der Waals surface area contributed by atoms with Gasteiger partial charge in [0, 0.05) is 11.6 Å². The number of methoxy groups -OCH3 is 1. The second kappa shape index (κ2) is 8.71. The first-order valence-electron chi connectivity index (χ1n) is 9.68. The maximum atomic E-state index is 12.4. The topological polar surface area (TPSA) is 71.5 Å². The van der Waals surface area contributed by atoms with Crippen LogP contribution in [0.4, 0.5) is 5.69 Å². The number of rotatable bonds is 5. The van der Waals surface area contributed by atoms with Crippen LogP contribution in [0.1, 0.15) is 34.1 Å². The van der Waals surface area contributed by atoms with E-state index in [1.807, 2.05) is 6.07 Å². The molecule has 2 aromatic carbocycles. The molecular formula is C22H23N3O3S. The summed E-state index contributed by atoms with van der Waals surface area (Å²) in [6, 6.07) is 15.0. The van der Waals surface area contributed by atoms with Gasteiger partial charge in [0.05, 0.1) is 34.4 Å². The van der Waals surface area contributed by atoms with Gasteiger partial charge in [-0.05, 0) is 62.3 Å². The van der Waals surface area contributed by atoms with Crippen LogP contribution in [0.25, 0.3) is 10.2 Å². The zero-order valence-electron chi connectivity index (χ0n) is 16.3. The predicted octanol–water partition coefficient (Wildman–Crippen LogP) is 3.90. The highest BCUT2D eigenvalue weighted by Crippen LogP contribution is 2.33. The van der Waals surface area contributed by atoms with Crippen LogP contribution in [0.5, 0.6) is 0 Å². The van der Waals surface area contributed by atoms with Crippen molar-refractivity contribution in [2.24, 2.45) is 0 Å². The highest BCUT2D eigenvalue weighted by molar-refractivity contribution is 7.18. The van der Waals surface area contributed by atoms with Crippen molar-refractivity contribution in [1.29, 1.82) is 0 Å². The van der Waals surface area contributed by atoms with Crippen molar-refractivity contribution in [3.63, 3.8) is 0 Å². The van der Waals surface area contributed by atoms with Crippen LogP contribution in [0.15, 0.2) is 48.5 Å². The van der Waals surface area contributed by atoms with E-state index in [0.29, 0.717) is 23.7 Å². The lowest BCUT2D eigenvalue weighted by molar-refractivity contribution is -0.117. The Morgan fingerprint density at radius 2 is 1.86 bits per heavy atom. The van der Waals surface area contributed by atoms with E-state index >= 15 is 0 Å². The third-order valence-electron chi connectivity index (χ3n) is 5.20. The molecule has 0 aliphatic carbocycles. The highest BCUT2D eigenvalue weighted by atomic mass is 32.1. The Morgan fingerprint density at radius 3 is 2.55 bits per heavy atom. The van der Waals surface area contributed by atoms with Gasteiger partial charge >= 0.3 is 5.97 Å². The van der Waals surface area contributed by atoms with Crippen molar-refractivity contribution in [2.45, 2.75) is 18.8 Å². The lowest BCUT2D eigenvalue weighted by atomic mass is 9.97. The smallest absolute Gasteiger partial charge is 0.337 e. The van der Waals surface area contributed by atoms with Crippen LogP contribution in [-0.2, 0) is 9.53 Å². The van der Waals surface area contributed by atoms with E-state index in [-0.39, 0.29) is 11.9 Å². The Bertz CT molecular complexity index is 975. The van der Waals surface area contributed by atoms with Crippen LogP contribution < -0.4 is 5.32 Å². The zero-order chi connectivity index (χ0) is 20.2. The molecule has 6 nitrogen and oxygen atoms in total. The number of nitrogens with zero attached hydrogens (tertiary/aromatic N) is 2. The minimum absolute atomic E-state index is 0.0470. The van der Waals surface area contributed by atoms with Crippen LogP contribution in [-0.4, -0.2) is 48.5 Å². The van der Waals surface area contributed by atoms with E-state index in [0.717, 1.165) is 31.4 Å². The van der Waals surface area contributed by atoms with Crippen molar-refractivity contribution < 1.29 is 14.3 Å². The van der Waals surface area contributed by atoms with Gasteiger partial charge in [-0.2, -0.15) is 0 Å². The van der Waals surface area contributed by atoms with Gasteiger partial charge in [-0.15, -0.1) is 11.3 Å². The van der Waals surface area contributed by atoms with E-state index in [2.05, 4.69) is 33.2 Å².